The van der Waals surface area contributed by atoms with Gasteiger partial charge in [0.05, 0.1) is 27.7 Å². The Labute approximate surface area is 568 Å². The minimum absolute atomic E-state index is 0.0362. The molecule has 2 atom stereocenters. The number of ether oxygens (including phenoxy) is 2. The summed E-state index contributed by atoms with van der Waals surface area (Å²) in [5.74, 6) is -0.835. The summed E-state index contributed by atoms with van der Waals surface area (Å²) in [6, 6.07) is 0. The molecule has 530 valence electrons. The third-order valence-corrected chi connectivity index (χ3v) is 17.5. The van der Waals surface area contributed by atoms with Crippen LogP contribution in [0.3, 0.4) is 0 Å². The molecule has 0 aromatic heterocycles. The highest BCUT2D eigenvalue weighted by Crippen LogP contribution is 2.38. The number of phosphoric acid groups is 1. The third-order valence-electron chi connectivity index (χ3n) is 16.5. The van der Waals surface area contributed by atoms with Crippen molar-refractivity contribution in [1.29, 1.82) is 0 Å². The zero-order valence-electron chi connectivity index (χ0n) is 60.5. The van der Waals surface area contributed by atoms with Gasteiger partial charge in [0.2, 0.25) is 0 Å². The number of allylic oxidation sites excluding steroid dienone is 20. The van der Waals surface area contributed by atoms with Gasteiger partial charge in [-0.1, -0.05) is 354 Å². The molecule has 0 saturated carbocycles. The molecule has 10 heteroatoms. The standard InChI is InChI=1S/C82H144NO8P/c1-6-8-10-12-14-16-18-20-22-24-26-28-30-32-34-36-37-38-39-40-41-42-43-44-45-47-49-51-53-55-57-59-61-63-65-67-69-71-73-75-82(85)91-80(79-90-92(86,87)89-77-76-83(3,4)5)78-88-81(84)74-72-70-68-66-64-62-60-58-56-54-52-50-48-46-35-33-31-29-27-25-23-21-19-17-15-13-11-9-7-2/h8,10,14,16,20,22,26,28,32,34,37-38,40-41,43-44,47,49,53,55,80H,6-7,9,11-13,15,17-19,21,23-25,27,29-31,33,35-36,39,42,45-46,48,50-52,54,56-79H2,1-5H3/b10-8-,16-14-,22-20-,28-26-,34-32-,38-37-,41-40-,44-43-,49-47-,55-53-. The molecule has 0 amide bonds. The largest absolute Gasteiger partial charge is 0.756 e. The van der Waals surface area contributed by atoms with Crippen molar-refractivity contribution in [2.75, 3.05) is 47.5 Å². The van der Waals surface area contributed by atoms with Crippen LogP contribution in [0.2, 0.25) is 0 Å². The maximum Gasteiger partial charge on any atom is 0.306 e. The van der Waals surface area contributed by atoms with E-state index in [2.05, 4.69) is 135 Å². The number of nitrogens with zero attached hydrogens (tertiary/aromatic N) is 1. The van der Waals surface area contributed by atoms with Crippen LogP contribution in [0.15, 0.2) is 122 Å². The molecule has 0 aliphatic rings. The lowest BCUT2D eigenvalue weighted by Crippen LogP contribution is -2.37. The molecule has 0 aromatic carbocycles. The Kier molecular flexibility index (Phi) is 68.9. The van der Waals surface area contributed by atoms with Gasteiger partial charge in [-0.2, -0.15) is 0 Å². The Morgan fingerprint density at radius 2 is 0.620 bits per heavy atom. The summed E-state index contributed by atoms with van der Waals surface area (Å²) in [6.45, 7) is 4.15. The molecule has 0 aliphatic carbocycles. The van der Waals surface area contributed by atoms with E-state index in [1.54, 1.807) is 0 Å². The maximum absolute atomic E-state index is 12.9. The molecule has 0 radical (unpaired) electrons. The Balaban J connectivity index is 4.06. The van der Waals surface area contributed by atoms with Gasteiger partial charge in [0.25, 0.3) is 7.82 Å². The second-order valence-electron chi connectivity index (χ2n) is 26.6. The molecular weight excluding hydrogens is 1160 g/mol. The van der Waals surface area contributed by atoms with E-state index in [0.29, 0.717) is 17.4 Å². The van der Waals surface area contributed by atoms with E-state index in [0.717, 1.165) is 109 Å². The summed E-state index contributed by atoms with van der Waals surface area (Å²) in [5, 5.41) is 0. The lowest BCUT2D eigenvalue weighted by molar-refractivity contribution is -0.870. The monoisotopic (exact) mass is 1300 g/mol. The number of unbranched alkanes of at least 4 members (excludes halogenated alkanes) is 36. The van der Waals surface area contributed by atoms with E-state index >= 15 is 0 Å². The van der Waals surface area contributed by atoms with Crippen LogP contribution in [-0.2, 0) is 32.7 Å². The number of hydrogen-bond acceptors (Lipinski definition) is 8. The van der Waals surface area contributed by atoms with Crippen LogP contribution in [0.25, 0.3) is 0 Å². The van der Waals surface area contributed by atoms with Gasteiger partial charge >= 0.3 is 11.9 Å². The third kappa shape index (κ3) is 75.4. The number of carbonyl (C=O) groups is 2. The minimum atomic E-state index is -4.65. The average Bonchev–Trinajstić information content (AvgIpc) is 2.14. The molecule has 0 aromatic rings. The highest BCUT2D eigenvalue weighted by Gasteiger charge is 2.22. The van der Waals surface area contributed by atoms with Crippen molar-refractivity contribution in [3.8, 4) is 0 Å². The Morgan fingerprint density at radius 1 is 0.348 bits per heavy atom. The van der Waals surface area contributed by atoms with Gasteiger partial charge in [-0.3, -0.25) is 14.2 Å². The SMILES string of the molecule is CC/C=C\C/C=C\C/C=C\C/C=C\C/C=C\C/C=C\C/C=C\C/C=C\C/C=C\C/C=C\CCCCCCCCCCC(=O)OC(COC(=O)CCCCCCCCCCCCCCCCCCCCCCCCCCCCCCC)COP(=O)([O-])OCC[N+](C)(C)C. The lowest BCUT2D eigenvalue weighted by Gasteiger charge is -2.28. The van der Waals surface area contributed by atoms with Crippen molar-refractivity contribution in [1.82, 2.24) is 0 Å². The average molecular weight is 1300 g/mol. The fourth-order valence-electron chi connectivity index (χ4n) is 10.7. The normalized spacial score (nSPS) is 13.8. The number of hydrogen-bond donors (Lipinski definition) is 0. The molecule has 0 aliphatic heterocycles. The van der Waals surface area contributed by atoms with E-state index < -0.39 is 26.5 Å². The number of rotatable bonds is 70. The zero-order valence-corrected chi connectivity index (χ0v) is 61.4. The molecular formula is C82H144NO8P. The van der Waals surface area contributed by atoms with Crippen molar-refractivity contribution >= 4 is 19.8 Å². The second kappa shape index (κ2) is 71.7. The fraction of sp³-hybridized carbons (Fsp3) is 0.732. The van der Waals surface area contributed by atoms with Crippen molar-refractivity contribution < 1.29 is 42.1 Å². The van der Waals surface area contributed by atoms with Crippen molar-refractivity contribution in [2.24, 2.45) is 0 Å². The predicted octanol–water partition coefficient (Wildman–Crippen LogP) is 24.8. The minimum Gasteiger partial charge on any atom is -0.756 e. The first kappa shape index (κ1) is 88.4. The molecule has 0 fully saturated rings. The van der Waals surface area contributed by atoms with E-state index in [1.165, 1.54) is 193 Å². The highest BCUT2D eigenvalue weighted by molar-refractivity contribution is 7.45. The van der Waals surface area contributed by atoms with E-state index in [9.17, 15) is 19.0 Å². The molecule has 0 rings (SSSR count). The zero-order chi connectivity index (χ0) is 66.9. The van der Waals surface area contributed by atoms with Gasteiger partial charge < -0.3 is 27.9 Å². The van der Waals surface area contributed by atoms with Gasteiger partial charge in [-0.05, 0) is 89.9 Å². The molecule has 0 heterocycles. The summed E-state index contributed by atoms with van der Waals surface area (Å²) in [6.07, 6.45) is 103. The number of esters is 2. The van der Waals surface area contributed by atoms with Crippen LogP contribution in [-0.4, -0.2) is 70.0 Å². The molecule has 0 saturated heterocycles. The van der Waals surface area contributed by atoms with Crippen LogP contribution in [0.5, 0.6) is 0 Å². The van der Waals surface area contributed by atoms with Crippen LogP contribution in [0.4, 0.5) is 0 Å². The van der Waals surface area contributed by atoms with Crippen molar-refractivity contribution in [3.05, 3.63) is 122 Å². The summed E-state index contributed by atoms with van der Waals surface area (Å²) < 4.78 is 34.4. The van der Waals surface area contributed by atoms with Gasteiger partial charge in [-0.15, -0.1) is 0 Å². The van der Waals surface area contributed by atoms with E-state index in [1.807, 2.05) is 21.1 Å². The van der Waals surface area contributed by atoms with Crippen LogP contribution in [0.1, 0.15) is 335 Å². The Bertz CT molecular complexity index is 1970. The second-order valence-corrected chi connectivity index (χ2v) is 28.1. The molecule has 0 bridgehead atoms. The number of carbonyl (C=O) groups excluding carboxylic acids is 2. The smallest absolute Gasteiger partial charge is 0.306 e. The van der Waals surface area contributed by atoms with E-state index in [4.69, 9.17) is 18.5 Å². The van der Waals surface area contributed by atoms with Gasteiger partial charge in [0.15, 0.2) is 6.10 Å². The molecule has 0 spiro atoms. The summed E-state index contributed by atoms with van der Waals surface area (Å²) in [5.41, 5.74) is 0. The predicted molar refractivity (Wildman–Crippen MR) is 397 cm³/mol. The summed E-state index contributed by atoms with van der Waals surface area (Å²) in [4.78, 5) is 38.1. The first-order chi connectivity index (χ1) is 45.0. The maximum atomic E-state index is 12.9. The van der Waals surface area contributed by atoms with Gasteiger partial charge in [-0.25, -0.2) is 0 Å². The first-order valence-electron chi connectivity index (χ1n) is 38.2. The van der Waals surface area contributed by atoms with Gasteiger partial charge in [0, 0.05) is 12.8 Å². The Hall–Kier alpha value is -3.59. The lowest BCUT2D eigenvalue weighted by atomic mass is 10.0. The van der Waals surface area contributed by atoms with E-state index in [-0.39, 0.29) is 32.0 Å². The molecule has 92 heavy (non-hydrogen) atoms. The van der Waals surface area contributed by atoms with Crippen molar-refractivity contribution in [2.45, 2.75) is 341 Å². The van der Waals surface area contributed by atoms with Crippen LogP contribution >= 0.6 is 7.82 Å². The summed E-state index contributed by atoms with van der Waals surface area (Å²) in [7, 11) is 1.16. The number of phosphoric ester groups is 1. The first-order valence-corrected chi connectivity index (χ1v) is 39.7. The molecule has 2 unspecified atom stereocenters. The fourth-order valence-corrected chi connectivity index (χ4v) is 11.4. The van der Waals surface area contributed by atoms with Crippen LogP contribution < -0.4 is 4.89 Å². The van der Waals surface area contributed by atoms with Crippen molar-refractivity contribution in [3.63, 3.8) is 0 Å². The van der Waals surface area contributed by atoms with Crippen LogP contribution in [0, 0.1) is 0 Å². The summed E-state index contributed by atoms with van der Waals surface area (Å²) >= 11 is 0. The highest BCUT2D eigenvalue weighted by atomic mass is 31.2. The quantitative estimate of drug-likeness (QED) is 0.0195. The Morgan fingerprint density at radius 3 is 0.924 bits per heavy atom. The number of quaternary nitrogens is 1. The molecule has 9 nitrogen and oxygen atoms in total. The topological polar surface area (TPSA) is 111 Å². The molecule has 0 N–H and O–H groups in total. The number of likely N-dealkylation sites (N-methyl/N-ethyl adjacent to an activating group) is 1. The van der Waals surface area contributed by atoms with Gasteiger partial charge in [0.1, 0.15) is 19.8 Å².